The fourth-order valence-electron chi connectivity index (χ4n) is 3.33. The molecule has 1 aromatic rings. The Kier molecular flexibility index (Phi) is 7.20. The number of carbonyl (C=O) groups is 1. The molecule has 1 N–H and O–H groups in total. The van der Waals surface area contributed by atoms with Gasteiger partial charge in [-0.25, -0.2) is 9.18 Å². The van der Waals surface area contributed by atoms with Crippen LogP contribution in [0.2, 0.25) is 0 Å². The molecule has 0 saturated carbocycles. The number of alkyl halides is 1. The molecule has 1 aromatic carbocycles. The Labute approximate surface area is 186 Å². The number of hydrogen-bond acceptors (Lipinski definition) is 5. The van der Waals surface area contributed by atoms with E-state index in [0.29, 0.717) is 7.48 Å². The Morgan fingerprint density at radius 3 is 2.16 bits per heavy atom. The summed E-state index contributed by atoms with van der Waals surface area (Å²) in [5.41, 5.74) is -1.73. The fraction of sp³-hybridized carbons (Fsp3) is 0.696. The number of benzene rings is 1. The fourth-order valence-corrected chi connectivity index (χ4v) is 3.33. The maximum atomic E-state index is 14.1. The molecule has 2 rings (SSSR count). The molecule has 0 unspecified atom stereocenters. The first-order chi connectivity index (χ1) is 14.0. The Morgan fingerprint density at radius 1 is 1.16 bits per heavy atom. The first-order valence-corrected chi connectivity index (χ1v) is 10.7. The molecule has 0 spiro atoms. The second-order valence-electron chi connectivity index (χ2n) is 10.7. The summed E-state index contributed by atoms with van der Waals surface area (Å²) in [5.74, 6) is 0. The monoisotopic (exact) mass is 437 g/mol. The molecular weight excluding hydrogens is 400 g/mol. The summed E-state index contributed by atoms with van der Waals surface area (Å²) < 4.78 is 31.6. The van der Waals surface area contributed by atoms with Gasteiger partial charge in [0.15, 0.2) is 0 Å². The predicted octanol–water partition coefficient (Wildman–Crippen LogP) is 3.61. The molecule has 6 nitrogen and oxygen atoms in total. The molecule has 0 aromatic heterocycles. The van der Waals surface area contributed by atoms with E-state index in [2.05, 4.69) is 0 Å². The minimum atomic E-state index is -1.01. The number of nitrogens with zero attached hydrogens (tertiary/aromatic N) is 1. The van der Waals surface area contributed by atoms with E-state index in [-0.39, 0.29) is 0 Å². The summed E-state index contributed by atoms with van der Waals surface area (Å²) >= 11 is 0. The molecule has 1 saturated heterocycles. The maximum absolute atomic E-state index is 14.1. The lowest BCUT2D eigenvalue weighted by Crippen LogP contribution is -2.50. The van der Waals surface area contributed by atoms with Crippen LogP contribution in [0, 0.1) is 0 Å². The number of hydrogen-bond donors (Lipinski definition) is 1. The summed E-state index contributed by atoms with van der Waals surface area (Å²) in [6.45, 7) is 15.1. The molecule has 8 heteroatoms. The van der Waals surface area contributed by atoms with Gasteiger partial charge in [-0.2, -0.15) is 0 Å². The summed E-state index contributed by atoms with van der Waals surface area (Å²) in [5, 5.41) is 10.2. The van der Waals surface area contributed by atoms with Crippen LogP contribution < -0.4 is 5.46 Å². The van der Waals surface area contributed by atoms with Crippen LogP contribution in [0.5, 0.6) is 0 Å². The van der Waals surface area contributed by atoms with Crippen LogP contribution in [-0.2, 0) is 14.1 Å². The van der Waals surface area contributed by atoms with Crippen LogP contribution in [0.3, 0.4) is 0 Å². The molecule has 1 heterocycles. The summed E-state index contributed by atoms with van der Waals surface area (Å²) in [6, 6.07) is 6.70. The van der Waals surface area contributed by atoms with Gasteiger partial charge in [-0.1, -0.05) is 29.7 Å². The largest absolute Gasteiger partial charge is 0.444 e. The van der Waals surface area contributed by atoms with Gasteiger partial charge in [0.1, 0.15) is 24.1 Å². The van der Waals surface area contributed by atoms with Crippen molar-refractivity contribution in [1.82, 2.24) is 4.90 Å². The minimum Gasteiger partial charge on any atom is -0.444 e. The van der Waals surface area contributed by atoms with E-state index in [0.717, 1.165) is 11.0 Å². The summed E-state index contributed by atoms with van der Waals surface area (Å²) in [4.78, 5) is 14.1. The van der Waals surface area contributed by atoms with Gasteiger partial charge in [-0.15, -0.1) is 0 Å². The molecule has 0 radical (unpaired) electrons. The lowest BCUT2D eigenvalue weighted by Gasteiger charge is -2.37. The first-order valence-electron chi connectivity index (χ1n) is 10.7. The molecule has 174 valence electrons. The van der Waals surface area contributed by atoms with Crippen LogP contribution in [0.15, 0.2) is 24.3 Å². The highest BCUT2D eigenvalue weighted by molar-refractivity contribution is 6.47. The van der Waals surface area contributed by atoms with Crippen molar-refractivity contribution in [1.29, 1.82) is 0 Å². The normalized spacial score (nSPS) is 21.8. The Hall–Kier alpha value is -1.64. The number of amides is 1. The second kappa shape index (κ2) is 8.72. The zero-order valence-corrected chi connectivity index (χ0v) is 20.3. The molecule has 2 atom stereocenters. The van der Waals surface area contributed by atoms with E-state index in [1.165, 1.54) is 4.90 Å². The van der Waals surface area contributed by atoms with Crippen molar-refractivity contribution in [3.8, 4) is 0 Å². The van der Waals surface area contributed by atoms with Gasteiger partial charge in [0.2, 0.25) is 0 Å². The smallest absolute Gasteiger partial charge is 0.413 e. The third kappa shape index (κ3) is 5.99. The van der Waals surface area contributed by atoms with Crippen LogP contribution in [0.1, 0.15) is 74.0 Å². The second-order valence-corrected chi connectivity index (χ2v) is 10.7. The van der Waals surface area contributed by atoms with Crippen molar-refractivity contribution in [2.75, 3.05) is 6.67 Å². The SMILES string of the molecule is CC(C)(C)OC(=O)N1[C@@H](CF)[C@@H](c2ccc(BOC(C)(C)C(C)(C)O)cc2)OC1(C)C. The van der Waals surface area contributed by atoms with Crippen LogP contribution in [0.4, 0.5) is 9.18 Å². The Morgan fingerprint density at radius 2 is 1.71 bits per heavy atom. The van der Waals surface area contributed by atoms with Crippen molar-refractivity contribution in [2.45, 2.75) is 97.0 Å². The average Bonchev–Trinajstić information content (AvgIpc) is 2.88. The Balaban J connectivity index is 2.18. The topological polar surface area (TPSA) is 68.2 Å². The number of carbonyl (C=O) groups excluding carboxylic acids is 1. The minimum absolute atomic E-state index is 0.324. The quantitative estimate of drug-likeness (QED) is 0.689. The average molecular weight is 437 g/mol. The zero-order valence-electron chi connectivity index (χ0n) is 20.3. The van der Waals surface area contributed by atoms with Gasteiger partial charge in [0, 0.05) is 0 Å². The number of rotatable bonds is 6. The lowest BCUT2D eigenvalue weighted by atomic mass is 9.82. The highest BCUT2D eigenvalue weighted by Crippen LogP contribution is 2.41. The van der Waals surface area contributed by atoms with Crippen LogP contribution in [-0.4, -0.2) is 58.8 Å². The van der Waals surface area contributed by atoms with Crippen molar-refractivity contribution < 1.29 is 28.4 Å². The predicted molar refractivity (Wildman–Crippen MR) is 120 cm³/mol. The summed E-state index contributed by atoms with van der Waals surface area (Å²) in [7, 11) is 0.324. The lowest BCUT2D eigenvalue weighted by molar-refractivity contribution is -0.0893. The maximum Gasteiger partial charge on any atom is 0.413 e. The van der Waals surface area contributed by atoms with Gasteiger partial charge < -0.3 is 19.2 Å². The standard InChI is InChI=1S/C23H37BFNO5/c1-20(2,3)30-19(27)26-17(14-25)18(29-23(26,8)9)15-10-12-16(13-11-15)24-31-22(6,7)21(4,5)28/h10-13,17-18,24,28H,14H2,1-9H3/t17-,18+/m0/s1. The highest BCUT2D eigenvalue weighted by atomic mass is 19.1. The number of halogens is 1. The van der Waals surface area contributed by atoms with Crippen molar-refractivity contribution in [3.63, 3.8) is 0 Å². The first kappa shape index (κ1) is 25.6. The zero-order chi connectivity index (χ0) is 23.8. The van der Waals surface area contributed by atoms with Crippen molar-refractivity contribution >= 4 is 19.0 Å². The number of ether oxygens (including phenoxy) is 2. The molecule has 1 aliphatic heterocycles. The Bertz CT molecular complexity index is 768. The molecular formula is C23H37BFNO5. The van der Waals surface area contributed by atoms with E-state index >= 15 is 0 Å². The van der Waals surface area contributed by atoms with E-state index in [1.807, 2.05) is 38.1 Å². The van der Waals surface area contributed by atoms with Crippen molar-refractivity contribution in [3.05, 3.63) is 29.8 Å². The van der Waals surface area contributed by atoms with E-state index < -0.39 is 47.4 Å². The van der Waals surface area contributed by atoms with Gasteiger partial charge in [0.05, 0.1) is 17.2 Å². The summed E-state index contributed by atoms with van der Waals surface area (Å²) in [6.07, 6.45) is -1.21. The van der Waals surface area contributed by atoms with E-state index in [4.69, 9.17) is 14.1 Å². The molecule has 0 aliphatic carbocycles. The molecule has 1 aliphatic rings. The molecule has 31 heavy (non-hydrogen) atoms. The van der Waals surface area contributed by atoms with Crippen LogP contribution in [0.25, 0.3) is 0 Å². The van der Waals surface area contributed by atoms with Gasteiger partial charge in [0.25, 0.3) is 0 Å². The van der Waals surface area contributed by atoms with Gasteiger partial charge >= 0.3 is 13.6 Å². The van der Waals surface area contributed by atoms with Gasteiger partial charge in [-0.3, -0.25) is 4.90 Å². The molecule has 1 fully saturated rings. The molecule has 1 amide bonds. The highest BCUT2D eigenvalue weighted by Gasteiger charge is 2.51. The third-order valence-electron chi connectivity index (χ3n) is 5.81. The van der Waals surface area contributed by atoms with E-state index in [9.17, 15) is 14.3 Å². The van der Waals surface area contributed by atoms with Gasteiger partial charge in [-0.05, 0) is 67.9 Å². The van der Waals surface area contributed by atoms with Crippen LogP contribution >= 0.6 is 0 Å². The number of aliphatic hydroxyl groups is 1. The molecule has 0 bridgehead atoms. The van der Waals surface area contributed by atoms with Crippen molar-refractivity contribution in [2.24, 2.45) is 0 Å². The third-order valence-corrected chi connectivity index (χ3v) is 5.81. The van der Waals surface area contributed by atoms with E-state index in [1.54, 1.807) is 48.5 Å².